The lowest BCUT2D eigenvalue weighted by molar-refractivity contribution is -0.118. The van der Waals surface area contributed by atoms with Gasteiger partial charge in [0.15, 0.2) is 5.78 Å². The van der Waals surface area contributed by atoms with Crippen molar-refractivity contribution in [3.8, 4) is 0 Å². The zero-order valence-corrected chi connectivity index (χ0v) is 16.7. The molecule has 0 fully saturated rings. The number of hydrogen-bond acceptors (Lipinski definition) is 6. The summed E-state index contributed by atoms with van der Waals surface area (Å²) in [6.45, 7) is 1.75. The zero-order valence-electron chi connectivity index (χ0n) is 15.9. The molecule has 0 bridgehead atoms. The van der Waals surface area contributed by atoms with Gasteiger partial charge in [0, 0.05) is 19.0 Å². The number of halogens is 1. The highest BCUT2D eigenvalue weighted by atomic mass is 32.2. The van der Waals surface area contributed by atoms with Crippen LogP contribution in [-0.4, -0.2) is 34.2 Å². The minimum absolute atomic E-state index is 0.0671. The lowest BCUT2D eigenvalue weighted by atomic mass is 10.1. The van der Waals surface area contributed by atoms with Crippen molar-refractivity contribution >= 4 is 23.5 Å². The molecule has 150 valence electrons. The van der Waals surface area contributed by atoms with Crippen LogP contribution in [-0.2, 0) is 17.6 Å². The van der Waals surface area contributed by atoms with E-state index in [2.05, 4.69) is 15.5 Å². The van der Waals surface area contributed by atoms with Crippen LogP contribution < -0.4 is 5.32 Å². The van der Waals surface area contributed by atoms with Gasteiger partial charge in [0.1, 0.15) is 5.82 Å². The van der Waals surface area contributed by atoms with Crippen LogP contribution >= 0.6 is 11.8 Å². The topological polar surface area (TPSA) is 85.1 Å². The number of nitrogens with one attached hydrogen (secondary N) is 1. The van der Waals surface area contributed by atoms with E-state index < -0.39 is 5.82 Å². The zero-order chi connectivity index (χ0) is 20.6. The third-order valence-corrected chi connectivity index (χ3v) is 4.94. The van der Waals surface area contributed by atoms with Gasteiger partial charge >= 0.3 is 0 Å². The second kappa shape index (κ2) is 9.97. The number of Topliss-reactive ketones (excluding diaryl/α,β-unsaturated/α-hetero) is 1. The molecule has 0 unspecified atom stereocenters. The fraction of sp³-hybridized carbons (Fsp3) is 0.238. The SMILES string of the molecule is CC(=O)NCCc1ccc(C(=O)CSc2nnc(Cc3ccccc3)o2)cc1F. The summed E-state index contributed by atoms with van der Waals surface area (Å²) in [6.07, 6.45) is 0.883. The average molecular weight is 413 g/mol. The summed E-state index contributed by atoms with van der Waals surface area (Å²) in [6, 6.07) is 14.1. The minimum atomic E-state index is -0.464. The molecule has 0 aliphatic heterocycles. The average Bonchev–Trinajstić information content (AvgIpc) is 3.15. The van der Waals surface area contributed by atoms with Gasteiger partial charge in [-0.2, -0.15) is 0 Å². The van der Waals surface area contributed by atoms with Gasteiger partial charge in [-0.1, -0.05) is 54.2 Å². The summed E-state index contributed by atoms with van der Waals surface area (Å²) in [5, 5.41) is 10.9. The van der Waals surface area contributed by atoms with Crippen molar-refractivity contribution in [2.75, 3.05) is 12.3 Å². The molecule has 0 saturated carbocycles. The number of benzene rings is 2. The Hall–Kier alpha value is -3.00. The van der Waals surface area contributed by atoms with Gasteiger partial charge in [-0.05, 0) is 23.6 Å². The van der Waals surface area contributed by atoms with Crippen LogP contribution in [0.25, 0.3) is 0 Å². The molecule has 29 heavy (non-hydrogen) atoms. The van der Waals surface area contributed by atoms with Gasteiger partial charge in [0.25, 0.3) is 5.22 Å². The number of aromatic nitrogens is 2. The molecule has 1 amide bonds. The fourth-order valence-electron chi connectivity index (χ4n) is 2.65. The van der Waals surface area contributed by atoms with Crippen molar-refractivity contribution in [3.63, 3.8) is 0 Å². The maximum absolute atomic E-state index is 14.2. The van der Waals surface area contributed by atoms with E-state index in [-0.39, 0.29) is 23.0 Å². The number of carbonyl (C=O) groups excluding carboxylic acids is 2. The molecule has 3 rings (SSSR count). The summed E-state index contributed by atoms with van der Waals surface area (Å²) in [5.74, 6) is -0.320. The predicted molar refractivity (Wildman–Crippen MR) is 107 cm³/mol. The highest BCUT2D eigenvalue weighted by molar-refractivity contribution is 7.99. The molecule has 0 saturated heterocycles. The van der Waals surface area contributed by atoms with Crippen molar-refractivity contribution in [1.29, 1.82) is 0 Å². The highest BCUT2D eigenvalue weighted by Crippen LogP contribution is 2.20. The third kappa shape index (κ3) is 6.25. The van der Waals surface area contributed by atoms with Gasteiger partial charge in [-0.15, -0.1) is 10.2 Å². The molecule has 1 heterocycles. The third-order valence-electron chi connectivity index (χ3n) is 4.12. The first kappa shape index (κ1) is 20.7. The number of nitrogens with zero attached hydrogens (tertiary/aromatic N) is 2. The number of ketones is 1. The molecule has 0 atom stereocenters. The van der Waals surface area contributed by atoms with E-state index in [9.17, 15) is 14.0 Å². The van der Waals surface area contributed by atoms with Crippen LogP contribution in [0, 0.1) is 5.82 Å². The van der Waals surface area contributed by atoms with E-state index in [1.54, 1.807) is 12.1 Å². The summed E-state index contributed by atoms with van der Waals surface area (Å²) in [7, 11) is 0. The largest absolute Gasteiger partial charge is 0.416 e. The molecule has 0 spiro atoms. The van der Waals surface area contributed by atoms with E-state index in [1.165, 1.54) is 13.0 Å². The number of amides is 1. The van der Waals surface area contributed by atoms with Crippen LogP contribution in [0.4, 0.5) is 4.39 Å². The highest BCUT2D eigenvalue weighted by Gasteiger charge is 2.13. The van der Waals surface area contributed by atoms with Gasteiger partial charge in [-0.25, -0.2) is 4.39 Å². The van der Waals surface area contributed by atoms with Gasteiger partial charge in [0.2, 0.25) is 11.8 Å². The first-order valence-corrected chi connectivity index (χ1v) is 10.0. The lowest BCUT2D eigenvalue weighted by Gasteiger charge is -2.06. The Balaban J connectivity index is 1.53. The van der Waals surface area contributed by atoms with E-state index in [0.717, 1.165) is 17.3 Å². The van der Waals surface area contributed by atoms with Crippen LogP contribution in [0.15, 0.2) is 58.2 Å². The van der Waals surface area contributed by atoms with Crippen molar-refractivity contribution in [2.45, 2.75) is 25.0 Å². The number of carbonyl (C=O) groups is 2. The summed E-state index contributed by atoms with van der Waals surface area (Å²) in [4.78, 5) is 23.2. The van der Waals surface area contributed by atoms with Crippen LogP contribution in [0.2, 0.25) is 0 Å². The van der Waals surface area contributed by atoms with Gasteiger partial charge in [0.05, 0.1) is 12.2 Å². The Kier molecular flexibility index (Phi) is 7.13. The van der Waals surface area contributed by atoms with Crippen molar-refractivity contribution in [1.82, 2.24) is 15.5 Å². The molecule has 6 nitrogen and oxygen atoms in total. The summed E-state index contributed by atoms with van der Waals surface area (Å²) in [5.41, 5.74) is 1.78. The number of hydrogen-bond donors (Lipinski definition) is 1. The Morgan fingerprint density at radius 1 is 1.14 bits per heavy atom. The van der Waals surface area contributed by atoms with Crippen molar-refractivity contribution in [2.24, 2.45) is 0 Å². The number of rotatable bonds is 9. The van der Waals surface area contributed by atoms with Gasteiger partial charge in [-0.3, -0.25) is 9.59 Å². The van der Waals surface area contributed by atoms with Crippen LogP contribution in [0.5, 0.6) is 0 Å². The Morgan fingerprint density at radius 2 is 1.93 bits per heavy atom. The lowest BCUT2D eigenvalue weighted by Crippen LogP contribution is -2.22. The Labute approximate surface area is 171 Å². The molecule has 0 aliphatic rings. The molecule has 1 N–H and O–H groups in total. The maximum atomic E-state index is 14.2. The van der Waals surface area contributed by atoms with Crippen LogP contribution in [0.3, 0.4) is 0 Å². The van der Waals surface area contributed by atoms with E-state index in [4.69, 9.17) is 4.42 Å². The molecule has 0 aliphatic carbocycles. The van der Waals surface area contributed by atoms with E-state index in [1.807, 2.05) is 30.3 Å². The Morgan fingerprint density at radius 3 is 2.66 bits per heavy atom. The molecule has 2 aromatic carbocycles. The molecular formula is C21H20FN3O3S. The molecule has 3 aromatic rings. The quantitative estimate of drug-likeness (QED) is 0.427. The first-order valence-electron chi connectivity index (χ1n) is 9.06. The van der Waals surface area contributed by atoms with Crippen molar-refractivity contribution < 1.29 is 18.4 Å². The Bertz CT molecular complexity index is 992. The molecular weight excluding hydrogens is 393 g/mol. The van der Waals surface area contributed by atoms with Gasteiger partial charge < -0.3 is 9.73 Å². The first-order chi connectivity index (χ1) is 14.0. The molecule has 0 radical (unpaired) electrons. The maximum Gasteiger partial charge on any atom is 0.277 e. The van der Waals surface area contributed by atoms with Crippen molar-refractivity contribution in [3.05, 3.63) is 76.9 Å². The predicted octanol–water partition coefficient (Wildman–Crippen LogP) is 3.45. The fourth-order valence-corrected chi connectivity index (χ4v) is 3.32. The second-order valence-electron chi connectivity index (χ2n) is 6.38. The minimum Gasteiger partial charge on any atom is -0.416 e. The molecule has 8 heteroatoms. The summed E-state index contributed by atoms with van der Waals surface area (Å²) >= 11 is 1.12. The molecule has 1 aromatic heterocycles. The summed E-state index contributed by atoms with van der Waals surface area (Å²) < 4.78 is 19.8. The van der Waals surface area contributed by atoms with E-state index in [0.29, 0.717) is 36.1 Å². The smallest absolute Gasteiger partial charge is 0.277 e. The van der Waals surface area contributed by atoms with Crippen LogP contribution in [0.1, 0.15) is 34.3 Å². The monoisotopic (exact) mass is 413 g/mol. The van der Waals surface area contributed by atoms with E-state index >= 15 is 0 Å². The number of thioether (sulfide) groups is 1. The second-order valence-corrected chi connectivity index (χ2v) is 7.30. The standard InChI is InChI=1S/C21H20FN3O3S/c1-14(26)23-10-9-16-7-8-17(12-18(16)22)19(27)13-29-21-25-24-20(28-21)11-15-5-3-2-4-6-15/h2-8,12H,9-11,13H2,1H3,(H,23,26). The normalized spacial score (nSPS) is 10.7.